The molecule has 1 saturated heterocycles. The fourth-order valence-electron chi connectivity index (χ4n) is 3.22. The lowest BCUT2D eigenvalue weighted by Crippen LogP contribution is -2.50. The highest BCUT2D eigenvalue weighted by Gasteiger charge is 2.29. The van der Waals surface area contributed by atoms with Crippen LogP contribution in [0.3, 0.4) is 0 Å². The Morgan fingerprint density at radius 1 is 1.07 bits per heavy atom. The monoisotopic (exact) mass is 428 g/mol. The van der Waals surface area contributed by atoms with Gasteiger partial charge in [-0.3, -0.25) is 14.6 Å². The van der Waals surface area contributed by atoms with E-state index in [0.717, 1.165) is 15.4 Å². The van der Waals surface area contributed by atoms with Crippen molar-refractivity contribution in [1.29, 1.82) is 0 Å². The second kappa shape index (κ2) is 7.11. The standard InChI is InChI=1S/C19H17BrN4O3/c1-12-14-10-13(20)2-3-16(14)27-17(12)19(26)24-8-6-23(7-9-24)18(25)15-11-21-4-5-22-15/h2-5,10-11H,6-9H2,1H3. The van der Waals surface area contributed by atoms with Gasteiger partial charge in [0, 0.05) is 54.0 Å². The number of rotatable bonds is 2. The molecule has 0 radical (unpaired) electrons. The van der Waals surface area contributed by atoms with Gasteiger partial charge in [-0.1, -0.05) is 15.9 Å². The van der Waals surface area contributed by atoms with Crippen molar-refractivity contribution < 1.29 is 14.0 Å². The topological polar surface area (TPSA) is 79.5 Å². The molecule has 1 fully saturated rings. The highest BCUT2D eigenvalue weighted by molar-refractivity contribution is 9.10. The predicted molar refractivity (Wildman–Crippen MR) is 102 cm³/mol. The zero-order valence-corrected chi connectivity index (χ0v) is 16.3. The Labute approximate surface area is 164 Å². The van der Waals surface area contributed by atoms with Gasteiger partial charge < -0.3 is 14.2 Å². The lowest BCUT2D eigenvalue weighted by atomic mass is 10.1. The van der Waals surface area contributed by atoms with Crippen LogP contribution in [0.15, 0.2) is 45.7 Å². The maximum atomic E-state index is 12.9. The summed E-state index contributed by atoms with van der Waals surface area (Å²) in [6.45, 7) is 3.69. The quantitative estimate of drug-likeness (QED) is 0.626. The van der Waals surface area contributed by atoms with Crippen LogP contribution >= 0.6 is 15.9 Å². The van der Waals surface area contributed by atoms with E-state index in [0.29, 0.717) is 43.2 Å². The molecule has 138 valence electrons. The minimum Gasteiger partial charge on any atom is -0.451 e. The van der Waals surface area contributed by atoms with E-state index in [1.807, 2.05) is 25.1 Å². The fourth-order valence-corrected chi connectivity index (χ4v) is 3.59. The van der Waals surface area contributed by atoms with E-state index in [1.54, 1.807) is 9.80 Å². The first-order valence-corrected chi connectivity index (χ1v) is 9.37. The Balaban J connectivity index is 1.48. The number of hydrogen-bond acceptors (Lipinski definition) is 5. The molecular formula is C19H17BrN4O3. The van der Waals surface area contributed by atoms with Gasteiger partial charge in [0.25, 0.3) is 11.8 Å². The van der Waals surface area contributed by atoms with E-state index in [-0.39, 0.29) is 11.8 Å². The number of hydrogen-bond donors (Lipinski definition) is 0. The van der Waals surface area contributed by atoms with Crippen LogP contribution in [0.4, 0.5) is 0 Å². The van der Waals surface area contributed by atoms with Gasteiger partial charge in [-0.25, -0.2) is 4.98 Å². The molecule has 0 bridgehead atoms. The summed E-state index contributed by atoms with van der Waals surface area (Å²) in [5.41, 5.74) is 1.83. The molecule has 8 heteroatoms. The summed E-state index contributed by atoms with van der Waals surface area (Å²) >= 11 is 3.44. The van der Waals surface area contributed by atoms with E-state index >= 15 is 0 Å². The molecule has 4 rings (SSSR count). The average Bonchev–Trinajstić information content (AvgIpc) is 3.04. The number of amides is 2. The molecule has 2 aromatic heterocycles. The van der Waals surface area contributed by atoms with Crippen molar-refractivity contribution in [3.05, 3.63) is 58.3 Å². The molecule has 7 nitrogen and oxygen atoms in total. The zero-order valence-electron chi connectivity index (χ0n) is 14.7. The van der Waals surface area contributed by atoms with Crippen molar-refractivity contribution in [1.82, 2.24) is 19.8 Å². The number of halogens is 1. The fraction of sp³-hybridized carbons (Fsp3) is 0.263. The largest absolute Gasteiger partial charge is 0.451 e. The smallest absolute Gasteiger partial charge is 0.290 e. The lowest BCUT2D eigenvalue weighted by Gasteiger charge is -2.34. The molecule has 3 heterocycles. The summed E-state index contributed by atoms with van der Waals surface area (Å²) in [5, 5.41) is 0.921. The second-order valence-corrected chi connectivity index (χ2v) is 7.29. The van der Waals surface area contributed by atoms with E-state index in [9.17, 15) is 9.59 Å². The SMILES string of the molecule is Cc1c(C(=O)N2CCN(C(=O)c3cnccn3)CC2)oc2ccc(Br)cc12. The number of aromatic nitrogens is 2. The van der Waals surface area contributed by atoms with Crippen molar-refractivity contribution in [3.8, 4) is 0 Å². The molecule has 0 atom stereocenters. The molecule has 0 saturated carbocycles. The van der Waals surface area contributed by atoms with Crippen LogP contribution in [0.25, 0.3) is 11.0 Å². The number of nitrogens with zero attached hydrogens (tertiary/aromatic N) is 4. The Morgan fingerprint density at radius 2 is 1.78 bits per heavy atom. The Bertz CT molecular complexity index is 1010. The first-order valence-electron chi connectivity index (χ1n) is 8.58. The second-order valence-electron chi connectivity index (χ2n) is 6.37. The van der Waals surface area contributed by atoms with Crippen molar-refractivity contribution in [3.63, 3.8) is 0 Å². The first-order chi connectivity index (χ1) is 13.0. The molecule has 1 aromatic carbocycles. The van der Waals surface area contributed by atoms with Gasteiger partial charge >= 0.3 is 0 Å². The Morgan fingerprint density at radius 3 is 2.44 bits per heavy atom. The molecule has 0 aliphatic carbocycles. The van der Waals surface area contributed by atoms with Crippen LogP contribution in [0, 0.1) is 6.92 Å². The number of carbonyl (C=O) groups is 2. The van der Waals surface area contributed by atoms with Crippen molar-refractivity contribution in [2.75, 3.05) is 26.2 Å². The normalized spacial score (nSPS) is 14.6. The van der Waals surface area contributed by atoms with E-state index in [4.69, 9.17) is 4.42 Å². The maximum absolute atomic E-state index is 12.9. The molecule has 0 N–H and O–H groups in total. The van der Waals surface area contributed by atoms with Crippen LogP contribution in [-0.4, -0.2) is 57.8 Å². The highest BCUT2D eigenvalue weighted by atomic mass is 79.9. The summed E-state index contributed by atoms with van der Waals surface area (Å²) in [5.74, 6) is 0.0446. The molecular weight excluding hydrogens is 412 g/mol. The van der Waals surface area contributed by atoms with Crippen molar-refractivity contribution >= 4 is 38.7 Å². The number of fused-ring (bicyclic) bond motifs is 1. The summed E-state index contributed by atoms with van der Waals surface area (Å²) in [6, 6.07) is 5.68. The van der Waals surface area contributed by atoms with Gasteiger partial charge in [-0.05, 0) is 25.1 Å². The average molecular weight is 429 g/mol. The first kappa shape index (κ1) is 17.7. The number of aryl methyl sites for hydroxylation is 1. The van der Waals surface area contributed by atoms with Crippen LogP contribution in [0.1, 0.15) is 26.6 Å². The third-order valence-corrected chi connectivity index (χ3v) is 5.22. The summed E-state index contributed by atoms with van der Waals surface area (Å²) in [6.07, 6.45) is 4.48. The molecule has 0 unspecified atom stereocenters. The van der Waals surface area contributed by atoms with Gasteiger partial charge in [0.2, 0.25) is 0 Å². The molecule has 1 aliphatic heterocycles. The van der Waals surface area contributed by atoms with Gasteiger partial charge in [-0.15, -0.1) is 0 Å². The minimum absolute atomic E-state index is 0.147. The predicted octanol–water partition coefficient (Wildman–Crippen LogP) is 2.89. The highest BCUT2D eigenvalue weighted by Crippen LogP contribution is 2.29. The van der Waals surface area contributed by atoms with Gasteiger partial charge in [0.05, 0.1) is 6.20 Å². The molecule has 1 aliphatic rings. The van der Waals surface area contributed by atoms with Gasteiger partial charge in [0.1, 0.15) is 11.3 Å². The third-order valence-electron chi connectivity index (χ3n) is 4.73. The van der Waals surface area contributed by atoms with Gasteiger partial charge in [0.15, 0.2) is 5.76 Å². The van der Waals surface area contributed by atoms with Crippen LogP contribution in [-0.2, 0) is 0 Å². The molecule has 2 amide bonds. The third kappa shape index (κ3) is 3.32. The summed E-state index contributed by atoms with van der Waals surface area (Å²) in [4.78, 5) is 36.8. The Kier molecular flexibility index (Phi) is 4.65. The Hall–Kier alpha value is -2.74. The number of piperazine rings is 1. The van der Waals surface area contributed by atoms with E-state index in [2.05, 4.69) is 25.9 Å². The van der Waals surface area contributed by atoms with Crippen LogP contribution in [0.2, 0.25) is 0 Å². The lowest BCUT2D eigenvalue weighted by molar-refractivity contribution is 0.0515. The molecule has 27 heavy (non-hydrogen) atoms. The van der Waals surface area contributed by atoms with E-state index < -0.39 is 0 Å². The number of benzene rings is 1. The maximum Gasteiger partial charge on any atom is 0.290 e. The summed E-state index contributed by atoms with van der Waals surface area (Å²) < 4.78 is 6.74. The van der Waals surface area contributed by atoms with Crippen LogP contribution in [0.5, 0.6) is 0 Å². The number of carbonyl (C=O) groups excluding carboxylic acids is 2. The zero-order chi connectivity index (χ0) is 19.0. The summed E-state index contributed by atoms with van der Waals surface area (Å²) in [7, 11) is 0. The minimum atomic E-state index is -0.167. The van der Waals surface area contributed by atoms with Crippen molar-refractivity contribution in [2.45, 2.75) is 6.92 Å². The molecule has 3 aromatic rings. The van der Waals surface area contributed by atoms with E-state index in [1.165, 1.54) is 18.6 Å². The number of furan rings is 1. The molecule has 0 spiro atoms. The van der Waals surface area contributed by atoms with Gasteiger partial charge in [-0.2, -0.15) is 0 Å². The van der Waals surface area contributed by atoms with Crippen molar-refractivity contribution in [2.24, 2.45) is 0 Å². The van der Waals surface area contributed by atoms with Crippen LogP contribution < -0.4 is 0 Å².